The normalized spacial score (nSPS) is 19.5. The minimum Gasteiger partial charge on any atom is -1.00 e. The molecular weight excluding hydrogens is 463 g/mol. The van der Waals surface area contributed by atoms with Gasteiger partial charge in [0.05, 0.1) is 13.0 Å². The van der Waals surface area contributed by atoms with Gasteiger partial charge in [-0.15, -0.1) is 0 Å². The average Bonchev–Trinajstić information content (AvgIpc) is 2.70. The number of nitrogens with zero attached hydrogens (tertiary/aromatic N) is 3. The van der Waals surface area contributed by atoms with Crippen molar-refractivity contribution in [3.05, 3.63) is 0 Å². The zero-order chi connectivity index (χ0) is 23.5. The number of urea groups is 1. The number of β-lactam (4-membered cyclic amide) rings is 1. The molecule has 2 rings (SSSR count). The molecule has 2 heterocycles. The third kappa shape index (κ3) is 6.16. The van der Waals surface area contributed by atoms with E-state index in [4.69, 9.17) is 4.55 Å². The average molecular weight is 486 g/mol. The van der Waals surface area contributed by atoms with Crippen LogP contribution in [-0.4, -0.2) is 108 Å². The fourth-order valence-corrected chi connectivity index (χ4v) is 3.57. The van der Waals surface area contributed by atoms with E-state index in [2.05, 4.69) is 16.0 Å². The van der Waals surface area contributed by atoms with E-state index in [0.29, 0.717) is 4.90 Å². The summed E-state index contributed by atoms with van der Waals surface area (Å²) in [5.41, 5.74) is 0. The first-order valence-corrected chi connectivity index (χ1v) is 10.5. The van der Waals surface area contributed by atoms with Gasteiger partial charge in [0.25, 0.3) is 5.91 Å². The first-order valence-electron chi connectivity index (χ1n) is 9.11. The Balaban J connectivity index is 0.00000512. The Bertz CT molecular complexity index is 933. The van der Waals surface area contributed by atoms with Crippen molar-refractivity contribution in [2.45, 2.75) is 25.4 Å². The van der Waals surface area contributed by atoms with E-state index < -0.39 is 70.9 Å². The van der Waals surface area contributed by atoms with Crippen molar-refractivity contribution in [1.82, 2.24) is 30.1 Å². The standard InChI is InChI=1S/C15H22N6O9S.Na.H/c1-3-19-4-5-20(14(26)13(19)25)15(27)18-8(6-10(22)16-2)11(23)17-9-7-21(12(9)24)31(28,29)30;;/h8-9H,3-7H2,1-2H3,(H,16,22)(H,17,23)(H,18,27)(H,28,29,30);;/q;+1;-1. The van der Waals surface area contributed by atoms with Crippen molar-refractivity contribution in [1.29, 1.82) is 0 Å². The minimum atomic E-state index is -4.76. The van der Waals surface area contributed by atoms with Crippen molar-refractivity contribution in [3.63, 3.8) is 0 Å². The second kappa shape index (κ2) is 11.0. The first kappa shape index (κ1) is 27.8. The number of amides is 7. The molecule has 7 amide bonds. The molecule has 0 radical (unpaired) electrons. The Kier molecular flexibility index (Phi) is 9.58. The van der Waals surface area contributed by atoms with E-state index in [-0.39, 0.29) is 54.9 Å². The third-order valence-electron chi connectivity index (χ3n) is 4.71. The van der Waals surface area contributed by atoms with Crippen molar-refractivity contribution in [2.24, 2.45) is 0 Å². The SMILES string of the molecule is CCN1CCN(C(=O)NC(CC(=O)NC)C(=O)NC2CN(S(=O)(=O)O)C2=O)C(=O)C1=O.[H-].[Na+]. The predicted molar refractivity (Wildman–Crippen MR) is 101 cm³/mol. The van der Waals surface area contributed by atoms with Gasteiger partial charge in [0.15, 0.2) is 0 Å². The fourth-order valence-electron chi connectivity index (χ4n) is 2.88. The number of carbonyl (C=O) groups is 6. The van der Waals surface area contributed by atoms with Crippen molar-refractivity contribution in [2.75, 3.05) is 33.2 Å². The topological polar surface area (TPSA) is 203 Å². The number of carbonyl (C=O) groups excluding carboxylic acids is 6. The molecule has 15 nitrogen and oxygen atoms in total. The Morgan fingerprint density at radius 1 is 1.19 bits per heavy atom. The summed E-state index contributed by atoms with van der Waals surface area (Å²) < 4.78 is 30.9. The van der Waals surface area contributed by atoms with Gasteiger partial charge in [-0.2, -0.15) is 8.42 Å². The van der Waals surface area contributed by atoms with Crippen molar-refractivity contribution < 1.29 is 72.7 Å². The number of rotatable bonds is 7. The largest absolute Gasteiger partial charge is 1.00 e. The van der Waals surface area contributed by atoms with Gasteiger partial charge in [-0.1, -0.05) is 0 Å². The molecule has 0 bridgehead atoms. The first-order chi connectivity index (χ1) is 14.4. The van der Waals surface area contributed by atoms with Gasteiger partial charge in [0.1, 0.15) is 12.1 Å². The number of likely N-dealkylation sites (N-methyl/N-ethyl adjacent to an activating group) is 1. The Morgan fingerprint density at radius 2 is 1.81 bits per heavy atom. The maximum absolute atomic E-state index is 12.5. The molecule has 0 saturated carbocycles. The van der Waals surface area contributed by atoms with Gasteiger partial charge in [-0.05, 0) is 6.92 Å². The predicted octanol–water partition coefficient (Wildman–Crippen LogP) is -6.86. The summed E-state index contributed by atoms with van der Waals surface area (Å²) in [6.45, 7) is 1.38. The van der Waals surface area contributed by atoms with Crippen LogP contribution < -0.4 is 45.5 Å². The Labute approximate surface area is 206 Å². The number of imide groups is 1. The van der Waals surface area contributed by atoms with Crippen molar-refractivity contribution >= 4 is 45.9 Å². The summed E-state index contributed by atoms with van der Waals surface area (Å²) >= 11 is 0. The zero-order valence-electron chi connectivity index (χ0n) is 18.7. The van der Waals surface area contributed by atoms with Crippen LogP contribution in [0.15, 0.2) is 0 Å². The smallest absolute Gasteiger partial charge is 1.00 e. The molecule has 4 N–H and O–H groups in total. The maximum Gasteiger partial charge on any atom is 1.00 e. The van der Waals surface area contributed by atoms with Gasteiger partial charge in [0, 0.05) is 26.7 Å². The Hall–Kier alpha value is -2.27. The van der Waals surface area contributed by atoms with E-state index in [1.54, 1.807) is 6.92 Å². The molecule has 32 heavy (non-hydrogen) atoms. The molecule has 2 unspecified atom stereocenters. The second-order valence-electron chi connectivity index (χ2n) is 6.63. The molecule has 0 aliphatic carbocycles. The summed E-state index contributed by atoms with van der Waals surface area (Å²) in [4.78, 5) is 74.4. The van der Waals surface area contributed by atoms with E-state index >= 15 is 0 Å². The van der Waals surface area contributed by atoms with Crippen LogP contribution in [0.3, 0.4) is 0 Å². The number of nitrogens with one attached hydrogen (secondary N) is 3. The minimum absolute atomic E-state index is 0. The van der Waals surface area contributed by atoms with Crippen LogP contribution in [0.5, 0.6) is 0 Å². The molecule has 0 aromatic carbocycles. The summed E-state index contributed by atoms with van der Waals surface area (Å²) in [5, 5.41) is 6.59. The number of hydrogen-bond donors (Lipinski definition) is 4. The van der Waals surface area contributed by atoms with Gasteiger partial charge in [-0.25, -0.2) is 9.10 Å². The molecule has 17 heteroatoms. The van der Waals surface area contributed by atoms with Crippen LogP contribution in [0.25, 0.3) is 0 Å². The van der Waals surface area contributed by atoms with E-state index in [9.17, 15) is 37.2 Å². The number of hydrogen-bond acceptors (Lipinski definition) is 8. The molecule has 2 atom stereocenters. The summed E-state index contributed by atoms with van der Waals surface area (Å²) in [6, 6.07) is -3.92. The third-order valence-corrected chi connectivity index (χ3v) is 5.59. The molecule has 0 aromatic heterocycles. The molecular formula is C15H23N6NaO9S. The summed E-state index contributed by atoms with van der Waals surface area (Å²) in [6.07, 6.45) is -0.561. The molecule has 0 spiro atoms. The van der Waals surface area contributed by atoms with Crippen LogP contribution >= 0.6 is 0 Å². The summed E-state index contributed by atoms with van der Waals surface area (Å²) in [5.74, 6) is -4.74. The van der Waals surface area contributed by atoms with E-state index in [0.717, 1.165) is 0 Å². The van der Waals surface area contributed by atoms with Gasteiger partial charge in [0.2, 0.25) is 11.8 Å². The van der Waals surface area contributed by atoms with Crippen LogP contribution in [0, 0.1) is 0 Å². The zero-order valence-corrected chi connectivity index (χ0v) is 20.5. The van der Waals surface area contributed by atoms with Crippen LogP contribution in [0.2, 0.25) is 0 Å². The quantitative estimate of drug-likeness (QED) is 0.117. The van der Waals surface area contributed by atoms with Gasteiger partial charge < -0.3 is 22.3 Å². The van der Waals surface area contributed by atoms with E-state index in [1.807, 2.05) is 0 Å². The number of piperazine rings is 1. The molecule has 2 fully saturated rings. The molecule has 2 aliphatic heterocycles. The second-order valence-corrected chi connectivity index (χ2v) is 7.97. The monoisotopic (exact) mass is 486 g/mol. The van der Waals surface area contributed by atoms with Crippen molar-refractivity contribution in [3.8, 4) is 0 Å². The molecule has 174 valence electrons. The Morgan fingerprint density at radius 3 is 2.31 bits per heavy atom. The van der Waals surface area contributed by atoms with E-state index in [1.165, 1.54) is 11.9 Å². The molecule has 0 aromatic rings. The maximum atomic E-state index is 12.5. The van der Waals surface area contributed by atoms with Crippen LogP contribution in [0.1, 0.15) is 14.8 Å². The van der Waals surface area contributed by atoms with Gasteiger partial charge in [-0.3, -0.25) is 33.4 Å². The summed E-state index contributed by atoms with van der Waals surface area (Å²) in [7, 11) is -3.48. The fraction of sp³-hybridized carbons (Fsp3) is 0.600. The molecule has 2 saturated heterocycles. The van der Waals surface area contributed by atoms with Gasteiger partial charge >= 0.3 is 57.7 Å². The van der Waals surface area contributed by atoms with Crippen LogP contribution in [-0.2, 0) is 34.3 Å². The van der Waals surface area contributed by atoms with Crippen LogP contribution in [0.4, 0.5) is 4.79 Å². The molecule has 2 aliphatic rings.